The minimum atomic E-state index is -0.574. The van der Waals surface area contributed by atoms with Crippen LogP contribution in [0.25, 0.3) is 0 Å². The number of nitro groups is 1. The van der Waals surface area contributed by atoms with Crippen LogP contribution in [-0.4, -0.2) is 23.6 Å². The highest BCUT2D eigenvalue weighted by Gasteiger charge is 2.20. The van der Waals surface area contributed by atoms with Crippen LogP contribution in [0.4, 0.5) is 5.69 Å². The van der Waals surface area contributed by atoms with Crippen molar-refractivity contribution in [2.24, 2.45) is 0 Å². The Morgan fingerprint density at radius 2 is 2.00 bits per heavy atom. The molecule has 0 bridgehead atoms. The summed E-state index contributed by atoms with van der Waals surface area (Å²) in [7, 11) is 0. The molecule has 0 N–H and O–H groups in total. The summed E-state index contributed by atoms with van der Waals surface area (Å²) in [6, 6.07) is 4.16. The van der Waals surface area contributed by atoms with Crippen molar-refractivity contribution < 1.29 is 19.2 Å². The molecule has 0 fully saturated rings. The summed E-state index contributed by atoms with van der Waals surface area (Å²) in [6.45, 7) is 5.95. The quantitative estimate of drug-likeness (QED) is 0.274. The van der Waals surface area contributed by atoms with E-state index in [4.69, 9.17) is 9.47 Å². The van der Waals surface area contributed by atoms with Gasteiger partial charge in [-0.3, -0.25) is 10.1 Å². The Hall–Kier alpha value is -2.11. The molecule has 1 aromatic carbocycles. The molecule has 0 aromatic heterocycles. The first-order chi connectivity index (χ1) is 11.0. The van der Waals surface area contributed by atoms with Crippen LogP contribution in [-0.2, 0) is 4.74 Å². The lowest BCUT2D eigenvalue weighted by molar-refractivity contribution is -0.386. The van der Waals surface area contributed by atoms with Gasteiger partial charge in [0.15, 0.2) is 5.75 Å². The number of benzene rings is 1. The van der Waals surface area contributed by atoms with Crippen LogP contribution in [0.2, 0.25) is 0 Å². The van der Waals surface area contributed by atoms with E-state index in [0.717, 1.165) is 25.7 Å². The van der Waals surface area contributed by atoms with Gasteiger partial charge in [0.05, 0.1) is 23.2 Å². The first-order valence-corrected chi connectivity index (χ1v) is 8.11. The summed E-state index contributed by atoms with van der Waals surface area (Å²) in [5.74, 6) is -0.388. The number of hydrogen-bond acceptors (Lipinski definition) is 5. The third-order valence-electron chi connectivity index (χ3n) is 3.46. The lowest BCUT2D eigenvalue weighted by atomic mass is 10.1. The van der Waals surface area contributed by atoms with E-state index in [9.17, 15) is 14.9 Å². The predicted molar refractivity (Wildman–Crippen MR) is 87.9 cm³/mol. The molecule has 0 saturated heterocycles. The van der Waals surface area contributed by atoms with Crippen molar-refractivity contribution in [1.29, 1.82) is 0 Å². The average Bonchev–Trinajstić information content (AvgIpc) is 2.52. The van der Waals surface area contributed by atoms with E-state index in [1.165, 1.54) is 24.6 Å². The normalized spacial score (nSPS) is 11.8. The molecule has 0 amide bonds. The number of nitrogens with zero attached hydrogens (tertiary/aromatic N) is 1. The van der Waals surface area contributed by atoms with Gasteiger partial charge in [0.1, 0.15) is 0 Å². The molecule has 0 radical (unpaired) electrons. The fraction of sp³-hybridized carbons (Fsp3) is 0.588. The van der Waals surface area contributed by atoms with Crippen LogP contribution >= 0.6 is 0 Å². The van der Waals surface area contributed by atoms with Gasteiger partial charge >= 0.3 is 11.7 Å². The number of ether oxygens (including phenoxy) is 2. The highest BCUT2D eigenvalue weighted by molar-refractivity contribution is 5.90. The van der Waals surface area contributed by atoms with Gasteiger partial charge in [0.25, 0.3) is 0 Å². The van der Waals surface area contributed by atoms with Gasteiger partial charge in [-0.1, -0.05) is 26.2 Å². The van der Waals surface area contributed by atoms with E-state index < -0.39 is 10.9 Å². The fourth-order valence-electron chi connectivity index (χ4n) is 2.24. The molecule has 0 aliphatic rings. The Balaban J connectivity index is 2.77. The molecule has 1 aromatic rings. The second kappa shape index (κ2) is 9.82. The average molecular weight is 323 g/mol. The van der Waals surface area contributed by atoms with Crippen LogP contribution < -0.4 is 4.74 Å². The fourth-order valence-corrected chi connectivity index (χ4v) is 2.24. The highest BCUT2D eigenvalue weighted by atomic mass is 16.6. The SMILES string of the molecule is CCCCCC[C@@H](C)Oc1ccc(C(=O)OCC)cc1[N+](=O)[O-]. The lowest BCUT2D eigenvalue weighted by Gasteiger charge is -2.15. The number of carbonyl (C=O) groups excluding carboxylic acids is 1. The van der Waals surface area contributed by atoms with Crippen molar-refractivity contribution in [2.45, 2.75) is 59.0 Å². The topological polar surface area (TPSA) is 78.7 Å². The van der Waals surface area contributed by atoms with Crippen LogP contribution in [0.5, 0.6) is 5.75 Å². The number of unbranched alkanes of at least 4 members (excludes halogenated alkanes) is 3. The summed E-state index contributed by atoms with van der Waals surface area (Å²) in [5, 5.41) is 11.2. The summed E-state index contributed by atoms with van der Waals surface area (Å²) in [4.78, 5) is 22.3. The zero-order valence-corrected chi connectivity index (χ0v) is 14.0. The van der Waals surface area contributed by atoms with Crippen LogP contribution in [0.15, 0.2) is 18.2 Å². The third kappa shape index (κ3) is 6.26. The Kier molecular flexibility index (Phi) is 8.08. The second-order valence-corrected chi connectivity index (χ2v) is 5.44. The molecule has 0 spiro atoms. The predicted octanol–water partition coefficient (Wildman–Crippen LogP) is 4.51. The summed E-state index contributed by atoms with van der Waals surface area (Å²) in [6.07, 6.45) is 5.24. The summed E-state index contributed by atoms with van der Waals surface area (Å²) < 4.78 is 10.5. The summed E-state index contributed by atoms with van der Waals surface area (Å²) in [5.41, 5.74) is -0.0579. The minimum Gasteiger partial charge on any atom is -0.484 e. The molecule has 6 nitrogen and oxygen atoms in total. The zero-order chi connectivity index (χ0) is 17.2. The van der Waals surface area contributed by atoms with E-state index in [1.807, 2.05) is 6.92 Å². The number of hydrogen-bond donors (Lipinski definition) is 0. The zero-order valence-electron chi connectivity index (χ0n) is 14.0. The van der Waals surface area contributed by atoms with Gasteiger partial charge in [-0.25, -0.2) is 4.79 Å². The van der Waals surface area contributed by atoms with Crippen LogP contribution in [0, 0.1) is 10.1 Å². The Bertz CT molecular complexity index is 530. The first kappa shape index (κ1) is 18.9. The van der Waals surface area contributed by atoms with E-state index in [0.29, 0.717) is 0 Å². The number of nitro benzene ring substituents is 1. The monoisotopic (exact) mass is 323 g/mol. The molecule has 0 aliphatic carbocycles. The molecule has 0 aliphatic heterocycles. The summed E-state index contributed by atoms with van der Waals surface area (Å²) >= 11 is 0. The molecular formula is C17H25NO5. The van der Waals surface area contributed by atoms with E-state index in [2.05, 4.69) is 6.92 Å². The maximum Gasteiger partial charge on any atom is 0.338 e. The molecule has 0 heterocycles. The van der Waals surface area contributed by atoms with Gasteiger partial charge in [0, 0.05) is 6.07 Å². The smallest absolute Gasteiger partial charge is 0.338 e. The van der Waals surface area contributed by atoms with Gasteiger partial charge < -0.3 is 9.47 Å². The molecule has 1 rings (SSSR count). The highest BCUT2D eigenvalue weighted by Crippen LogP contribution is 2.29. The number of esters is 1. The molecule has 1 atom stereocenters. The minimum absolute atomic E-state index is 0.112. The maximum atomic E-state index is 11.7. The molecule has 23 heavy (non-hydrogen) atoms. The maximum absolute atomic E-state index is 11.7. The van der Waals surface area contributed by atoms with E-state index in [1.54, 1.807) is 6.92 Å². The largest absolute Gasteiger partial charge is 0.484 e. The van der Waals surface area contributed by atoms with Gasteiger partial charge in [-0.2, -0.15) is 0 Å². The van der Waals surface area contributed by atoms with E-state index in [-0.39, 0.29) is 29.7 Å². The van der Waals surface area contributed by atoms with Crippen LogP contribution in [0.1, 0.15) is 63.2 Å². The van der Waals surface area contributed by atoms with Crippen molar-refractivity contribution in [3.8, 4) is 5.75 Å². The van der Waals surface area contributed by atoms with Crippen molar-refractivity contribution >= 4 is 11.7 Å². The first-order valence-electron chi connectivity index (χ1n) is 8.11. The van der Waals surface area contributed by atoms with Crippen molar-refractivity contribution in [3.63, 3.8) is 0 Å². The second-order valence-electron chi connectivity index (χ2n) is 5.44. The lowest BCUT2D eigenvalue weighted by Crippen LogP contribution is -2.13. The Morgan fingerprint density at radius 3 is 2.61 bits per heavy atom. The number of rotatable bonds is 10. The van der Waals surface area contributed by atoms with Crippen molar-refractivity contribution in [2.75, 3.05) is 6.61 Å². The van der Waals surface area contributed by atoms with Crippen molar-refractivity contribution in [1.82, 2.24) is 0 Å². The standard InChI is InChI=1S/C17H25NO5/c1-4-6-7-8-9-13(3)23-16-11-10-14(17(19)22-5-2)12-15(16)18(20)21/h10-13H,4-9H2,1-3H3/t13-/m1/s1. The molecule has 6 heteroatoms. The Morgan fingerprint density at radius 1 is 1.26 bits per heavy atom. The Labute approximate surface area is 136 Å². The number of carbonyl (C=O) groups is 1. The molecule has 0 unspecified atom stereocenters. The van der Waals surface area contributed by atoms with Crippen molar-refractivity contribution in [3.05, 3.63) is 33.9 Å². The van der Waals surface area contributed by atoms with Gasteiger partial charge in [-0.15, -0.1) is 0 Å². The third-order valence-corrected chi connectivity index (χ3v) is 3.46. The van der Waals surface area contributed by atoms with Gasteiger partial charge in [-0.05, 0) is 38.8 Å². The molecular weight excluding hydrogens is 298 g/mol. The van der Waals surface area contributed by atoms with Gasteiger partial charge in [0.2, 0.25) is 0 Å². The molecule has 0 saturated carbocycles. The van der Waals surface area contributed by atoms with Crippen LogP contribution in [0.3, 0.4) is 0 Å². The molecule has 128 valence electrons. The van der Waals surface area contributed by atoms with E-state index >= 15 is 0 Å².